The summed E-state index contributed by atoms with van der Waals surface area (Å²) in [5.41, 5.74) is 1.69. The minimum absolute atomic E-state index is 0.109. The molecular weight excluding hydrogens is 422 g/mol. The van der Waals surface area contributed by atoms with Crippen LogP contribution in [-0.4, -0.2) is 23.8 Å². The molecule has 1 unspecified atom stereocenters. The fourth-order valence-electron chi connectivity index (χ4n) is 3.31. The van der Waals surface area contributed by atoms with Gasteiger partial charge in [0.1, 0.15) is 0 Å². The molecule has 3 rings (SSSR count). The summed E-state index contributed by atoms with van der Waals surface area (Å²) in [5.74, 6) is -1.03. The second-order valence-electron chi connectivity index (χ2n) is 6.84. The molecule has 0 aliphatic heterocycles. The molecule has 0 radical (unpaired) electrons. The molecule has 0 heterocycles. The zero-order valence-corrected chi connectivity index (χ0v) is 18.0. The van der Waals surface area contributed by atoms with Crippen molar-refractivity contribution in [3.63, 3.8) is 0 Å². The third kappa shape index (κ3) is 4.90. The number of aromatic carboxylic acids is 1. The van der Waals surface area contributed by atoms with Gasteiger partial charge in [-0.2, -0.15) is 4.31 Å². The first-order valence-electron chi connectivity index (χ1n) is 9.47. The summed E-state index contributed by atoms with van der Waals surface area (Å²) < 4.78 is 28.6. The van der Waals surface area contributed by atoms with E-state index >= 15 is 0 Å². The quantitative estimate of drug-likeness (QED) is 0.507. The maximum Gasteiger partial charge on any atom is 0.335 e. The van der Waals surface area contributed by atoms with Crippen LogP contribution in [0.2, 0.25) is 5.02 Å². The number of carbonyl (C=O) groups is 1. The van der Waals surface area contributed by atoms with Crippen molar-refractivity contribution < 1.29 is 18.3 Å². The van der Waals surface area contributed by atoms with Crippen LogP contribution in [0.25, 0.3) is 0 Å². The highest BCUT2D eigenvalue weighted by molar-refractivity contribution is 7.89. The summed E-state index contributed by atoms with van der Waals surface area (Å²) >= 11 is 6.02. The second-order valence-corrected chi connectivity index (χ2v) is 9.17. The third-order valence-electron chi connectivity index (χ3n) is 4.88. The molecule has 0 saturated heterocycles. The number of hydrogen-bond acceptors (Lipinski definition) is 3. The lowest BCUT2D eigenvalue weighted by molar-refractivity contribution is 0.0697. The smallest absolute Gasteiger partial charge is 0.335 e. The van der Waals surface area contributed by atoms with Crippen LogP contribution >= 0.6 is 11.6 Å². The van der Waals surface area contributed by atoms with Crippen LogP contribution in [-0.2, 0) is 16.6 Å². The predicted molar refractivity (Wildman–Crippen MR) is 117 cm³/mol. The molecule has 5 nitrogen and oxygen atoms in total. The standard InChI is InChI=1S/C23H22ClNO4S/c1-2-22(18-12-14-20(24)15-13-18)25(30(28,29)21-6-4-3-5-7-21)16-17-8-10-19(11-9-17)23(26)27/h3-15,22H,2,16H2,1H3,(H,26,27). The molecule has 156 valence electrons. The van der Waals surface area contributed by atoms with Gasteiger partial charge in [-0.15, -0.1) is 0 Å². The van der Waals surface area contributed by atoms with Crippen molar-refractivity contribution in [3.8, 4) is 0 Å². The number of nitrogens with zero attached hydrogens (tertiary/aromatic N) is 1. The van der Waals surface area contributed by atoms with E-state index in [9.17, 15) is 13.2 Å². The van der Waals surface area contributed by atoms with E-state index in [0.717, 1.165) is 5.56 Å². The van der Waals surface area contributed by atoms with Crippen molar-refractivity contribution >= 4 is 27.6 Å². The van der Waals surface area contributed by atoms with Crippen molar-refractivity contribution in [1.29, 1.82) is 0 Å². The van der Waals surface area contributed by atoms with Gasteiger partial charge in [-0.05, 0) is 53.9 Å². The second kappa shape index (κ2) is 9.43. The van der Waals surface area contributed by atoms with Gasteiger partial charge in [0.2, 0.25) is 10.0 Å². The molecule has 7 heteroatoms. The highest BCUT2D eigenvalue weighted by Gasteiger charge is 2.31. The molecule has 0 spiro atoms. The van der Waals surface area contributed by atoms with E-state index in [-0.39, 0.29) is 17.0 Å². The first-order valence-corrected chi connectivity index (χ1v) is 11.3. The zero-order valence-electron chi connectivity index (χ0n) is 16.4. The number of carboxylic acids is 1. The Morgan fingerprint density at radius 2 is 1.57 bits per heavy atom. The van der Waals surface area contributed by atoms with Gasteiger partial charge in [-0.1, -0.05) is 61.0 Å². The van der Waals surface area contributed by atoms with Crippen LogP contribution in [0, 0.1) is 0 Å². The van der Waals surface area contributed by atoms with Crippen LogP contribution < -0.4 is 0 Å². The highest BCUT2D eigenvalue weighted by atomic mass is 35.5. The molecule has 0 saturated carbocycles. The first kappa shape index (κ1) is 22.0. The van der Waals surface area contributed by atoms with E-state index in [1.54, 1.807) is 54.6 Å². The molecule has 3 aromatic rings. The average molecular weight is 444 g/mol. The summed E-state index contributed by atoms with van der Waals surface area (Å²) in [4.78, 5) is 11.3. The number of hydrogen-bond donors (Lipinski definition) is 1. The molecule has 0 aliphatic carbocycles. The van der Waals surface area contributed by atoms with Gasteiger partial charge in [-0.3, -0.25) is 0 Å². The lowest BCUT2D eigenvalue weighted by Crippen LogP contribution is -2.34. The van der Waals surface area contributed by atoms with Crippen LogP contribution in [0.4, 0.5) is 0 Å². The van der Waals surface area contributed by atoms with E-state index in [1.807, 2.05) is 19.1 Å². The van der Waals surface area contributed by atoms with Crippen LogP contribution in [0.15, 0.2) is 83.8 Å². The monoisotopic (exact) mass is 443 g/mol. The Hall–Kier alpha value is -2.67. The SMILES string of the molecule is CCC(c1ccc(Cl)cc1)N(Cc1ccc(C(=O)O)cc1)S(=O)(=O)c1ccccc1. The Morgan fingerprint density at radius 1 is 0.967 bits per heavy atom. The van der Waals surface area contributed by atoms with Crippen LogP contribution in [0.3, 0.4) is 0 Å². The molecule has 0 aliphatic rings. The Labute approximate surface area is 181 Å². The normalized spacial score (nSPS) is 12.6. The van der Waals surface area contributed by atoms with Gasteiger partial charge in [0.25, 0.3) is 0 Å². The molecule has 0 bridgehead atoms. The number of halogens is 1. The number of sulfonamides is 1. The number of rotatable bonds is 8. The molecule has 1 atom stereocenters. The summed E-state index contributed by atoms with van der Waals surface area (Å²) in [5, 5.41) is 9.69. The Morgan fingerprint density at radius 3 is 2.10 bits per heavy atom. The third-order valence-corrected chi connectivity index (χ3v) is 7.00. The summed E-state index contributed by atoms with van der Waals surface area (Å²) in [6, 6.07) is 21.3. The number of carboxylic acid groups (broad SMARTS) is 1. The van der Waals surface area contributed by atoms with E-state index in [1.165, 1.54) is 16.4 Å². The Kier molecular flexibility index (Phi) is 6.92. The lowest BCUT2D eigenvalue weighted by atomic mass is 10.0. The largest absolute Gasteiger partial charge is 0.478 e. The van der Waals surface area contributed by atoms with Gasteiger partial charge < -0.3 is 5.11 Å². The maximum atomic E-state index is 13.6. The molecule has 3 aromatic carbocycles. The molecular formula is C23H22ClNO4S. The highest BCUT2D eigenvalue weighted by Crippen LogP contribution is 2.32. The summed E-state index contributed by atoms with van der Waals surface area (Å²) in [6.07, 6.45) is 0.556. The molecule has 0 fully saturated rings. The van der Waals surface area contributed by atoms with Gasteiger partial charge >= 0.3 is 5.97 Å². The van der Waals surface area contributed by atoms with Crippen molar-refractivity contribution in [3.05, 3.63) is 101 Å². The number of benzene rings is 3. The molecule has 0 aromatic heterocycles. The molecule has 30 heavy (non-hydrogen) atoms. The average Bonchev–Trinajstić information content (AvgIpc) is 2.75. The minimum Gasteiger partial charge on any atom is -0.478 e. The van der Waals surface area contributed by atoms with Crippen molar-refractivity contribution in [2.24, 2.45) is 0 Å². The van der Waals surface area contributed by atoms with Gasteiger partial charge in [-0.25, -0.2) is 13.2 Å². The molecule has 0 amide bonds. The van der Waals surface area contributed by atoms with Gasteiger partial charge in [0.15, 0.2) is 0 Å². The fourth-order valence-corrected chi connectivity index (χ4v) is 5.14. The van der Waals surface area contributed by atoms with Crippen molar-refractivity contribution in [1.82, 2.24) is 4.31 Å². The van der Waals surface area contributed by atoms with E-state index in [4.69, 9.17) is 16.7 Å². The maximum absolute atomic E-state index is 13.6. The topological polar surface area (TPSA) is 74.7 Å². The predicted octanol–water partition coefficient (Wildman–Crippen LogP) is 5.38. The van der Waals surface area contributed by atoms with Crippen molar-refractivity contribution in [2.75, 3.05) is 0 Å². The van der Waals surface area contributed by atoms with Gasteiger partial charge in [0.05, 0.1) is 16.5 Å². The molecule has 1 N–H and O–H groups in total. The Balaban J connectivity index is 2.05. The fraction of sp³-hybridized carbons (Fsp3) is 0.174. The summed E-state index contributed by atoms with van der Waals surface area (Å²) in [7, 11) is -3.81. The summed E-state index contributed by atoms with van der Waals surface area (Å²) in [6.45, 7) is 2.04. The van der Waals surface area contributed by atoms with E-state index in [2.05, 4.69) is 0 Å². The van der Waals surface area contributed by atoms with E-state index < -0.39 is 22.0 Å². The van der Waals surface area contributed by atoms with Crippen molar-refractivity contribution in [2.45, 2.75) is 30.8 Å². The lowest BCUT2D eigenvalue weighted by Gasteiger charge is -2.31. The van der Waals surface area contributed by atoms with Crippen LogP contribution in [0.1, 0.15) is 40.9 Å². The Bertz CT molecular complexity index is 1100. The minimum atomic E-state index is -3.81. The zero-order chi connectivity index (χ0) is 21.7. The van der Waals surface area contributed by atoms with Crippen LogP contribution in [0.5, 0.6) is 0 Å². The first-order chi connectivity index (χ1) is 14.3. The van der Waals surface area contributed by atoms with E-state index in [0.29, 0.717) is 17.0 Å². The van der Waals surface area contributed by atoms with Gasteiger partial charge in [0, 0.05) is 11.6 Å².